The zero-order valence-electron chi connectivity index (χ0n) is 12.0. The molecule has 1 aromatic carbocycles. The fourth-order valence-corrected chi connectivity index (χ4v) is 2.27. The van der Waals surface area contributed by atoms with Crippen molar-refractivity contribution < 1.29 is 19.0 Å². The summed E-state index contributed by atoms with van der Waals surface area (Å²) >= 11 is 0. The van der Waals surface area contributed by atoms with Crippen LogP contribution in [0.3, 0.4) is 0 Å². The average Bonchev–Trinajstić information content (AvgIpc) is 2.48. The summed E-state index contributed by atoms with van der Waals surface area (Å²) in [6.07, 6.45) is 1.84. The SMILES string of the molecule is CNCC(=O)c1cccc(OC2CCOCC2)c1OC. The second kappa shape index (κ2) is 7.26. The fraction of sp³-hybridized carbons (Fsp3) is 0.533. The van der Waals surface area contributed by atoms with E-state index in [1.54, 1.807) is 20.2 Å². The smallest absolute Gasteiger partial charge is 0.180 e. The number of nitrogens with one attached hydrogen (secondary N) is 1. The van der Waals surface area contributed by atoms with E-state index in [2.05, 4.69) is 5.32 Å². The lowest BCUT2D eigenvalue weighted by atomic mass is 10.1. The molecule has 20 heavy (non-hydrogen) atoms. The van der Waals surface area contributed by atoms with Crippen molar-refractivity contribution in [1.82, 2.24) is 5.32 Å². The van der Waals surface area contributed by atoms with Gasteiger partial charge in [-0.05, 0) is 19.2 Å². The minimum absolute atomic E-state index is 0.0122. The molecule has 0 atom stereocenters. The molecule has 0 amide bonds. The van der Waals surface area contributed by atoms with Gasteiger partial charge in [-0.1, -0.05) is 6.07 Å². The number of carbonyl (C=O) groups is 1. The number of carbonyl (C=O) groups excluding carboxylic acids is 1. The van der Waals surface area contributed by atoms with Crippen LogP contribution in [0.2, 0.25) is 0 Å². The van der Waals surface area contributed by atoms with Crippen LogP contribution in [0, 0.1) is 0 Å². The number of hydrogen-bond donors (Lipinski definition) is 1. The maximum Gasteiger partial charge on any atom is 0.180 e. The van der Waals surface area contributed by atoms with Crippen molar-refractivity contribution in [2.45, 2.75) is 18.9 Å². The number of ether oxygens (including phenoxy) is 3. The minimum atomic E-state index is -0.0122. The Kier molecular flexibility index (Phi) is 5.38. The second-order valence-corrected chi connectivity index (χ2v) is 4.72. The van der Waals surface area contributed by atoms with Gasteiger partial charge in [0.2, 0.25) is 0 Å². The number of methoxy groups -OCH3 is 1. The van der Waals surface area contributed by atoms with Crippen LogP contribution in [0.1, 0.15) is 23.2 Å². The van der Waals surface area contributed by atoms with Crippen molar-refractivity contribution in [2.75, 3.05) is 33.9 Å². The van der Waals surface area contributed by atoms with Gasteiger partial charge in [0, 0.05) is 12.8 Å². The Morgan fingerprint density at radius 1 is 1.40 bits per heavy atom. The van der Waals surface area contributed by atoms with Crippen molar-refractivity contribution in [1.29, 1.82) is 0 Å². The highest BCUT2D eigenvalue weighted by molar-refractivity contribution is 6.00. The molecule has 0 unspecified atom stereocenters. The van der Waals surface area contributed by atoms with E-state index in [4.69, 9.17) is 14.2 Å². The van der Waals surface area contributed by atoms with Crippen LogP contribution < -0.4 is 14.8 Å². The molecule has 2 rings (SSSR count). The molecule has 1 N–H and O–H groups in total. The van der Waals surface area contributed by atoms with E-state index < -0.39 is 0 Å². The fourth-order valence-electron chi connectivity index (χ4n) is 2.27. The van der Waals surface area contributed by atoms with Crippen molar-refractivity contribution in [3.05, 3.63) is 23.8 Å². The summed E-state index contributed by atoms with van der Waals surface area (Å²) in [6.45, 7) is 1.70. The first-order chi connectivity index (χ1) is 9.76. The van der Waals surface area contributed by atoms with E-state index in [-0.39, 0.29) is 18.4 Å². The largest absolute Gasteiger partial charge is 0.492 e. The summed E-state index contributed by atoms with van der Waals surface area (Å²) in [5.41, 5.74) is 0.548. The zero-order chi connectivity index (χ0) is 14.4. The van der Waals surface area contributed by atoms with Crippen molar-refractivity contribution in [3.63, 3.8) is 0 Å². The van der Waals surface area contributed by atoms with Crippen LogP contribution in [-0.2, 0) is 4.74 Å². The van der Waals surface area contributed by atoms with Crippen molar-refractivity contribution >= 4 is 5.78 Å². The molecule has 5 nitrogen and oxygen atoms in total. The van der Waals surface area contributed by atoms with Gasteiger partial charge in [0.05, 0.1) is 32.4 Å². The maximum absolute atomic E-state index is 12.1. The van der Waals surface area contributed by atoms with Gasteiger partial charge >= 0.3 is 0 Å². The molecular weight excluding hydrogens is 258 g/mol. The number of Topliss-reactive ketones (excluding diaryl/α,β-unsaturated/α-hetero) is 1. The molecule has 0 saturated carbocycles. The van der Waals surface area contributed by atoms with Gasteiger partial charge in [-0.2, -0.15) is 0 Å². The summed E-state index contributed by atoms with van der Waals surface area (Å²) in [7, 11) is 3.30. The topological polar surface area (TPSA) is 56.8 Å². The van der Waals surface area contributed by atoms with Gasteiger partial charge in [-0.3, -0.25) is 4.79 Å². The Bertz CT molecular complexity index is 455. The molecule has 1 fully saturated rings. The van der Waals surface area contributed by atoms with Crippen LogP contribution in [0.4, 0.5) is 0 Å². The zero-order valence-corrected chi connectivity index (χ0v) is 12.0. The minimum Gasteiger partial charge on any atom is -0.492 e. The van der Waals surface area contributed by atoms with E-state index in [1.165, 1.54) is 0 Å². The molecule has 0 bridgehead atoms. The first kappa shape index (κ1) is 14.8. The first-order valence-corrected chi connectivity index (χ1v) is 6.85. The Hall–Kier alpha value is -1.59. The van der Waals surface area contributed by atoms with Crippen LogP contribution in [0.15, 0.2) is 18.2 Å². The molecule has 0 spiro atoms. The molecule has 1 aliphatic heterocycles. The van der Waals surface area contributed by atoms with Crippen molar-refractivity contribution in [3.8, 4) is 11.5 Å². The number of para-hydroxylation sites is 1. The normalized spacial score (nSPS) is 15.9. The maximum atomic E-state index is 12.1. The summed E-state index contributed by atoms with van der Waals surface area (Å²) in [6, 6.07) is 5.42. The third-order valence-corrected chi connectivity index (χ3v) is 3.28. The van der Waals surface area contributed by atoms with Gasteiger partial charge in [-0.25, -0.2) is 0 Å². The lowest BCUT2D eigenvalue weighted by Gasteiger charge is -2.24. The van der Waals surface area contributed by atoms with Gasteiger partial charge in [0.1, 0.15) is 6.10 Å². The molecule has 0 radical (unpaired) electrons. The average molecular weight is 279 g/mol. The Labute approximate surface area is 119 Å². The van der Waals surface area contributed by atoms with Crippen LogP contribution in [-0.4, -0.2) is 45.8 Å². The summed E-state index contributed by atoms with van der Waals surface area (Å²) in [5.74, 6) is 1.13. The molecule has 110 valence electrons. The standard InChI is InChI=1S/C15H21NO4/c1-16-10-13(17)12-4-3-5-14(15(12)18-2)20-11-6-8-19-9-7-11/h3-5,11,16H,6-10H2,1-2H3. The second-order valence-electron chi connectivity index (χ2n) is 4.72. The third kappa shape index (κ3) is 3.49. The molecule has 5 heteroatoms. The monoisotopic (exact) mass is 279 g/mol. The third-order valence-electron chi connectivity index (χ3n) is 3.28. The van der Waals surface area contributed by atoms with E-state index in [0.717, 1.165) is 12.8 Å². The van der Waals surface area contributed by atoms with Crippen LogP contribution in [0.5, 0.6) is 11.5 Å². The number of rotatable bonds is 6. The van der Waals surface area contributed by atoms with E-state index in [1.807, 2.05) is 12.1 Å². The van der Waals surface area contributed by atoms with Gasteiger partial charge in [0.15, 0.2) is 17.3 Å². The van der Waals surface area contributed by atoms with Crippen molar-refractivity contribution in [2.24, 2.45) is 0 Å². The van der Waals surface area contributed by atoms with Gasteiger partial charge < -0.3 is 19.5 Å². The Balaban J connectivity index is 2.19. The van der Waals surface area contributed by atoms with Crippen LogP contribution in [0.25, 0.3) is 0 Å². The molecule has 1 aromatic rings. The lowest BCUT2D eigenvalue weighted by Crippen LogP contribution is -2.26. The lowest BCUT2D eigenvalue weighted by molar-refractivity contribution is 0.0245. The van der Waals surface area contributed by atoms with E-state index in [9.17, 15) is 4.79 Å². The highest BCUT2D eigenvalue weighted by atomic mass is 16.5. The van der Waals surface area contributed by atoms with E-state index in [0.29, 0.717) is 30.3 Å². The summed E-state index contributed by atoms with van der Waals surface area (Å²) in [5, 5.41) is 2.86. The predicted molar refractivity (Wildman–Crippen MR) is 75.7 cm³/mol. The molecular formula is C15H21NO4. The molecule has 1 heterocycles. The van der Waals surface area contributed by atoms with Gasteiger partial charge in [0.25, 0.3) is 0 Å². The number of ketones is 1. The van der Waals surface area contributed by atoms with Gasteiger partial charge in [-0.15, -0.1) is 0 Å². The highest BCUT2D eigenvalue weighted by Gasteiger charge is 2.20. The predicted octanol–water partition coefficient (Wildman–Crippen LogP) is 1.66. The molecule has 0 aliphatic carbocycles. The number of likely N-dealkylation sites (N-methyl/N-ethyl adjacent to an activating group) is 1. The number of hydrogen-bond acceptors (Lipinski definition) is 5. The summed E-state index contributed by atoms with van der Waals surface area (Å²) in [4.78, 5) is 12.1. The quantitative estimate of drug-likeness (QED) is 0.803. The van der Waals surface area contributed by atoms with E-state index >= 15 is 0 Å². The Morgan fingerprint density at radius 3 is 2.80 bits per heavy atom. The highest BCUT2D eigenvalue weighted by Crippen LogP contribution is 2.33. The first-order valence-electron chi connectivity index (χ1n) is 6.85. The molecule has 1 saturated heterocycles. The van der Waals surface area contributed by atoms with Crippen LogP contribution >= 0.6 is 0 Å². The Morgan fingerprint density at radius 2 is 2.15 bits per heavy atom. The molecule has 1 aliphatic rings. The summed E-state index contributed by atoms with van der Waals surface area (Å²) < 4.78 is 16.7. The number of benzene rings is 1. The molecule has 0 aromatic heterocycles.